The lowest BCUT2D eigenvalue weighted by Gasteiger charge is -2.30. The number of rotatable bonds is 3. The van der Waals surface area contributed by atoms with Gasteiger partial charge in [0.05, 0.1) is 17.9 Å². The monoisotopic (exact) mass is 362 g/mol. The summed E-state index contributed by atoms with van der Waals surface area (Å²) >= 11 is 0. The van der Waals surface area contributed by atoms with Gasteiger partial charge in [-0.2, -0.15) is 0 Å². The van der Waals surface area contributed by atoms with Crippen molar-refractivity contribution >= 4 is 5.82 Å². The van der Waals surface area contributed by atoms with Crippen molar-refractivity contribution in [2.45, 2.75) is 26.9 Å². The summed E-state index contributed by atoms with van der Waals surface area (Å²) in [4.78, 5) is 29.6. The molecule has 0 amide bonds. The van der Waals surface area contributed by atoms with Gasteiger partial charge >= 0.3 is 5.69 Å². The molecule has 0 unspecified atom stereocenters. The molecular formula is C21H22N4O2. The molecule has 0 fully saturated rings. The van der Waals surface area contributed by atoms with Crippen LogP contribution in [0.1, 0.15) is 22.3 Å². The molecule has 3 aromatic rings. The van der Waals surface area contributed by atoms with Crippen LogP contribution in [-0.2, 0) is 13.1 Å². The van der Waals surface area contributed by atoms with Crippen LogP contribution in [0.3, 0.4) is 0 Å². The summed E-state index contributed by atoms with van der Waals surface area (Å²) in [7, 11) is 0. The number of aromatic nitrogens is 2. The van der Waals surface area contributed by atoms with Gasteiger partial charge in [-0.15, -0.1) is 0 Å². The maximum atomic E-state index is 12.5. The standard InChI is InChI=1S/C21H22N4O2/c1-14-8-9-17(10-15(14)2)25-19-18(20(26)23-21(25)27)12-24(13-22-19)11-16-6-4-3-5-7-16/h3-10,22H,11-13H2,1-2H3,(H,23,26,27). The SMILES string of the molecule is Cc1ccc(-n2c3c(c(=O)[nH]c2=O)CN(Cc2ccccc2)CN3)cc1C. The molecule has 2 N–H and O–H groups in total. The van der Waals surface area contributed by atoms with Crippen LogP contribution in [0.15, 0.2) is 58.1 Å². The summed E-state index contributed by atoms with van der Waals surface area (Å²) in [6.45, 7) is 5.82. The topological polar surface area (TPSA) is 70.1 Å². The molecule has 1 aliphatic rings. The third-order valence-electron chi connectivity index (χ3n) is 5.06. The number of fused-ring (bicyclic) bond motifs is 1. The van der Waals surface area contributed by atoms with Crippen LogP contribution in [0, 0.1) is 13.8 Å². The lowest BCUT2D eigenvalue weighted by atomic mass is 10.1. The lowest BCUT2D eigenvalue weighted by molar-refractivity contribution is 0.263. The minimum Gasteiger partial charge on any atom is -0.358 e. The van der Waals surface area contributed by atoms with Gasteiger partial charge in [0.2, 0.25) is 0 Å². The predicted octanol–water partition coefficient (Wildman–Crippen LogP) is 2.53. The zero-order valence-electron chi connectivity index (χ0n) is 15.5. The molecule has 6 nitrogen and oxygen atoms in total. The molecule has 0 saturated heterocycles. The van der Waals surface area contributed by atoms with Crippen molar-refractivity contribution in [1.82, 2.24) is 14.5 Å². The van der Waals surface area contributed by atoms with Crippen LogP contribution in [0.5, 0.6) is 0 Å². The van der Waals surface area contributed by atoms with Crippen LogP contribution >= 0.6 is 0 Å². The summed E-state index contributed by atoms with van der Waals surface area (Å²) in [5.74, 6) is 0.580. The number of nitrogens with one attached hydrogen (secondary N) is 2. The quantitative estimate of drug-likeness (QED) is 0.751. The van der Waals surface area contributed by atoms with Gasteiger partial charge in [-0.3, -0.25) is 14.7 Å². The molecule has 0 atom stereocenters. The van der Waals surface area contributed by atoms with E-state index in [-0.39, 0.29) is 5.56 Å². The van der Waals surface area contributed by atoms with Crippen molar-refractivity contribution in [3.05, 3.63) is 91.6 Å². The summed E-state index contributed by atoms with van der Waals surface area (Å²) in [5.41, 5.74) is 4.01. The molecule has 2 aromatic carbocycles. The first kappa shape index (κ1) is 17.3. The molecule has 138 valence electrons. The fourth-order valence-corrected chi connectivity index (χ4v) is 3.44. The number of benzene rings is 2. The molecule has 0 aliphatic carbocycles. The average molecular weight is 362 g/mol. The van der Waals surface area contributed by atoms with Crippen LogP contribution in [0.4, 0.5) is 5.82 Å². The van der Waals surface area contributed by atoms with E-state index in [1.807, 2.05) is 50.2 Å². The molecule has 0 radical (unpaired) electrons. The van der Waals surface area contributed by atoms with Crippen molar-refractivity contribution in [2.75, 3.05) is 12.0 Å². The summed E-state index contributed by atoms with van der Waals surface area (Å²) < 4.78 is 1.56. The first-order valence-electron chi connectivity index (χ1n) is 8.99. The fourth-order valence-electron chi connectivity index (χ4n) is 3.44. The Hall–Kier alpha value is -3.12. The normalized spacial score (nSPS) is 13.9. The molecule has 1 aromatic heterocycles. The van der Waals surface area contributed by atoms with Crippen LogP contribution in [-0.4, -0.2) is 21.1 Å². The van der Waals surface area contributed by atoms with E-state index in [1.165, 1.54) is 5.56 Å². The third-order valence-corrected chi connectivity index (χ3v) is 5.06. The molecule has 0 bridgehead atoms. The van der Waals surface area contributed by atoms with Crippen molar-refractivity contribution in [3.63, 3.8) is 0 Å². The van der Waals surface area contributed by atoms with Gasteiger partial charge in [-0.25, -0.2) is 9.36 Å². The Morgan fingerprint density at radius 2 is 1.78 bits per heavy atom. The highest BCUT2D eigenvalue weighted by Gasteiger charge is 2.23. The Morgan fingerprint density at radius 1 is 1.00 bits per heavy atom. The second-order valence-corrected chi connectivity index (χ2v) is 7.00. The van der Waals surface area contributed by atoms with E-state index < -0.39 is 5.69 Å². The van der Waals surface area contributed by atoms with Gasteiger partial charge in [0.1, 0.15) is 5.82 Å². The van der Waals surface area contributed by atoms with E-state index in [1.54, 1.807) is 4.57 Å². The molecule has 0 spiro atoms. The van der Waals surface area contributed by atoms with E-state index in [2.05, 4.69) is 27.3 Å². The smallest absolute Gasteiger partial charge is 0.334 e. The minimum absolute atomic E-state index is 0.333. The highest BCUT2D eigenvalue weighted by Crippen LogP contribution is 2.23. The number of H-pyrrole nitrogens is 1. The molecular weight excluding hydrogens is 340 g/mol. The fraction of sp³-hybridized carbons (Fsp3) is 0.238. The van der Waals surface area contributed by atoms with Gasteiger partial charge in [0.25, 0.3) is 5.56 Å². The number of nitrogens with zero attached hydrogens (tertiary/aromatic N) is 2. The number of hydrogen-bond acceptors (Lipinski definition) is 4. The van der Waals surface area contributed by atoms with E-state index >= 15 is 0 Å². The molecule has 0 saturated carbocycles. The maximum absolute atomic E-state index is 12.5. The van der Waals surface area contributed by atoms with Gasteiger partial charge in [-0.1, -0.05) is 36.4 Å². The Morgan fingerprint density at radius 3 is 2.52 bits per heavy atom. The highest BCUT2D eigenvalue weighted by molar-refractivity contribution is 5.53. The Labute approximate surface area is 157 Å². The molecule has 2 heterocycles. The van der Waals surface area contributed by atoms with Gasteiger partial charge in [0.15, 0.2) is 0 Å². The number of aryl methyl sites for hydroxylation is 2. The maximum Gasteiger partial charge on any atom is 0.334 e. The second kappa shape index (κ2) is 6.89. The highest BCUT2D eigenvalue weighted by atomic mass is 16.2. The number of anilines is 1. The average Bonchev–Trinajstić information content (AvgIpc) is 2.66. The minimum atomic E-state index is -0.425. The van der Waals surface area contributed by atoms with Crippen LogP contribution in [0.25, 0.3) is 5.69 Å². The largest absolute Gasteiger partial charge is 0.358 e. The third kappa shape index (κ3) is 3.31. The number of aromatic amines is 1. The molecule has 27 heavy (non-hydrogen) atoms. The molecule has 1 aliphatic heterocycles. The zero-order valence-corrected chi connectivity index (χ0v) is 15.5. The Kier molecular flexibility index (Phi) is 4.41. The van der Waals surface area contributed by atoms with E-state index in [4.69, 9.17) is 0 Å². The van der Waals surface area contributed by atoms with Gasteiger partial charge in [-0.05, 0) is 42.7 Å². The summed E-state index contributed by atoms with van der Waals surface area (Å²) in [6, 6.07) is 16.0. The Bertz CT molecular complexity index is 1100. The van der Waals surface area contributed by atoms with E-state index in [0.717, 1.165) is 23.4 Å². The van der Waals surface area contributed by atoms with E-state index in [0.29, 0.717) is 24.6 Å². The molecule has 6 heteroatoms. The first-order valence-corrected chi connectivity index (χ1v) is 8.99. The summed E-state index contributed by atoms with van der Waals surface area (Å²) in [5, 5.41) is 3.28. The van der Waals surface area contributed by atoms with Gasteiger partial charge in [0, 0.05) is 13.1 Å². The number of hydrogen-bond donors (Lipinski definition) is 2. The predicted molar refractivity (Wildman–Crippen MR) is 106 cm³/mol. The lowest BCUT2D eigenvalue weighted by Crippen LogP contribution is -2.42. The molecule has 4 rings (SSSR count). The summed E-state index contributed by atoms with van der Waals surface area (Å²) in [6.07, 6.45) is 0. The van der Waals surface area contributed by atoms with Crippen molar-refractivity contribution in [1.29, 1.82) is 0 Å². The Balaban J connectivity index is 1.73. The zero-order chi connectivity index (χ0) is 19.0. The van der Waals surface area contributed by atoms with Crippen LogP contribution < -0.4 is 16.6 Å². The van der Waals surface area contributed by atoms with Crippen LogP contribution in [0.2, 0.25) is 0 Å². The van der Waals surface area contributed by atoms with Crippen molar-refractivity contribution in [3.8, 4) is 5.69 Å². The van der Waals surface area contributed by atoms with E-state index in [9.17, 15) is 9.59 Å². The second-order valence-electron chi connectivity index (χ2n) is 7.00. The van der Waals surface area contributed by atoms with Crippen molar-refractivity contribution in [2.24, 2.45) is 0 Å². The van der Waals surface area contributed by atoms with Gasteiger partial charge < -0.3 is 5.32 Å². The van der Waals surface area contributed by atoms with Crippen molar-refractivity contribution < 1.29 is 0 Å². The first-order chi connectivity index (χ1) is 13.0.